The topological polar surface area (TPSA) is 53.4 Å². The average molecular weight is 277 g/mol. The molecule has 19 heavy (non-hydrogen) atoms. The second-order valence-electron chi connectivity index (χ2n) is 4.69. The molecule has 1 saturated heterocycles. The molecule has 0 radical (unpaired) electrons. The number of hydrogen-bond donors (Lipinski definition) is 1. The van der Waals surface area contributed by atoms with Crippen molar-refractivity contribution in [3.63, 3.8) is 0 Å². The van der Waals surface area contributed by atoms with E-state index in [0.29, 0.717) is 11.7 Å². The van der Waals surface area contributed by atoms with Gasteiger partial charge in [-0.25, -0.2) is 9.78 Å². The molecule has 1 aromatic carbocycles. The Labute approximate surface area is 115 Å². The van der Waals surface area contributed by atoms with Crippen molar-refractivity contribution < 1.29 is 9.90 Å². The predicted octanol–water partition coefficient (Wildman–Crippen LogP) is 3.70. The Kier molecular flexibility index (Phi) is 3.03. The van der Waals surface area contributed by atoms with E-state index in [9.17, 15) is 9.90 Å². The fraction of sp³-hybridized carbons (Fsp3) is 0.286. The van der Waals surface area contributed by atoms with Crippen molar-refractivity contribution in [2.75, 3.05) is 6.54 Å². The number of aromatic nitrogens is 1. The van der Waals surface area contributed by atoms with Gasteiger partial charge in [-0.15, -0.1) is 0 Å². The Morgan fingerprint density at radius 1 is 1.42 bits per heavy atom. The lowest BCUT2D eigenvalue weighted by Crippen LogP contribution is -2.28. The number of pyridine rings is 1. The zero-order valence-corrected chi connectivity index (χ0v) is 11.0. The summed E-state index contributed by atoms with van der Waals surface area (Å²) in [7, 11) is 0. The van der Waals surface area contributed by atoms with Crippen LogP contribution in [0.4, 0.5) is 4.79 Å². The van der Waals surface area contributed by atoms with Crippen molar-refractivity contribution >= 4 is 28.6 Å². The van der Waals surface area contributed by atoms with Gasteiger partial charge < -0.3 is 10.0 Å². The van der Waals surface area contributed by atoms with Crippen LogP contribution in [0.5, 0.6) is 0 Å². The number of amides is 1. The van der Waals surface area contributed by atoms with E-state index in [1.807, 2.05) is 24.3 Å². The number of carbonyl (C=O) groups is 1. The first-order valence-corrected chi connectivity index (χ1v) is 6.59. The number of para-hydroxylation sites is 1. The molecule has 0 unspecified atom stereocenters. The lowest BCUT2D eigenvalue weighted by molar-refractivity contribution is 0.140. The molecule has 0 spiro atoms. The third kappa shape index (κ3) is 2.12. The van der Waals surface area contributed by atoms with Crippen LogP contribution in [0.2, 0.25) is 5.15 Å². The maximum atomic E-state index is 11.3. The Balaban J connectivity index is 2.16. The first kappa shape index (κ1) is 12.2. The van der Waals surface area contributed by atoms with E-state index in [2.05, 4.69) is 4.98 Å². The monoisotopic (exact) mass is 276 g/mol. The predicted molar refractivity (Wildman–Crippen MR) is 73.5 cm³/mol. The molecule has 0 saturated carbocycles. The van der Waals surface area contributed by atoms with Crippen LogP contribution in [0.1, 0.15) is 24.4 Å². The summed E-state index contributed by atoms with van der Waals surface area (Å²) in [4.78, 5) is 17.0. The smallest absolute Gasteiger partial charge is 0.407 e. The molecule has 4 nitrogen and oxygen atoms in total. The van der Waals surface area contributed by atoms with Crippen LogP contribution >= 0.6 is 11.6 Å². The second kappa shape index (κ2) is 4.70. The van der Waals surface area contributed by atoms with Crippen LogP contribution in [-0.2, 0) is 0 Å². The molecule has 0 aliphatic carbocycles. The largest absolute Gasteiger partial charge is 0.465 e. The number of hydrogen-bond acceptors (Lipinski definition) is 2. The van der Waals surface area contributed by atoms with Gasteiger partial charge in [-0.1, -0.05) is 29.8 Å². The standard InChI is InChI=1S/C14H13ClN2O2/c15-13-8-10(9-4-1-2-5-11(9)16-13)12-6-3-7-17(12)14(18)19/h1-2,4-5,8,12H,3,6-7H2,(H,18,19)/t12-/m0/s1. The summed E-state index contributed by atoms with van der Waals surface area (Å²) >= 11 is 6.05. The van der Waals surface area contributed by atoms with Crippen molar-refractivity contribution in [1.82, 2.24) is 9.88 Å². The summed E-state index contributed by atoms with van der Waals surface area (Å²) in [5.41, 5.74) is 1.76. The molecule has 1 amide bonds. The SMILES string of the molecule is O=C(O)N1CCC[C@H]1c1cc(Cl)nc2ccccc12. The van der Waals surface area contributed by atoms with Gasteiger partial charge in [-0.05, 0) is 30.5 Å². The first-order valence-electron chi connectivity index (χ1n) is 6.21. The summed E-state index contributed by atoms with van der Waals surface area (Å²) in [5, 5.41) is 10.6. The second-order valence-corrected chi connectivity index (χ2v) is 5.07. The highest BCUT2D eigenvalue weighted by Crippen LogP contribution is 2.36. The van der Waals surface area contributed by atoms with E-state index in [4.69, 9.17) is 11.6 Å². The zero-order chi connectivity index (χ0) is 13.4. The third-order valence-corrected chi connectivity index (χ3v) is 3.77. The van der Waals surface area contributed by atoms with Crippen molar-refractivity contribution in [2.24, 2.45) is 0 Å². The van der Waals surface area contributed by atoms with Gasteiger partial charge in [0.2, 0.25) is 0 Å². The fourth-order valence-electron chi connectivity index (χ4n) is 2.76. The fourth-order valence-corrected chi connectivity index (χ4v) is 2.97. The lowest BCUT2D eigenvalue weighted by atomic mass is 10.0. The molecule has 1 aliphatic heterocycles. The minimum Gasteiger partial charge on any atom is -0.465 e. The Hall–Kier alpha value is -1.81. The number of carboxylic acid groups (broad SMARTS) is 1. The van der Waals surface area contributed by atoms with Gasteiger partial charge in [0.15, 0.2) is 0 Å². The molecule has 2 heterocycles. The third-order valence-electron chi connectivity index (χ3n) is 3.57. The summed E-state index contributed by atoms with van der Waals surface area (Å²) in [6.07, 6.45) is 0.835. The van der Waals surface area contributed by atoms with Gasteiger partial charge in [0, 0.05) is 11.9 Å². The number of halogens is 1. The molecule has 1 atom stereocenters. The van der Waals surface area contributed by atoms with E-state index in [1.165, 1.54) is 4.90 Å². The van der Waals surface area contributed by atoms with E-state index in [-0.39, 0.29) is 6.04 Å². The van der Waals surface area contributed by atoms with Gasteiger partial charge in [0.05, 0.1) is 11.6 Å². The minimum absolute atomic E-state index is 0.122. The normalized spacial score (nSPS) is 19.0. The molecule has 1 N–H and O–H groups in total. The highest BCUT2D eigenvalue weighted by atomic mass is 35.5. The summed E-state index contributed by atoms with van der Waals surface area (Å²) in [6, 6.07) is 9.36. The van der Waals surface area contributed by atoms with E-state index in [1.54, 1.807) is 6.07 Å². The van der Waals surface area contributed by atoms with Crippen LogP contribution < -0.4 is 0 Å². The molecule has 1 aromatic heterocycles. The molecule has 98 valence electrons. The van der Waals surface area contributed by atoms with Gasteiger partial charge in [-0.3, -0.25) is 0 Å². The van der Waals surface area contributed by atoms with E-state index >= 15 is 0 Å². The summed E-state index contributed by atoms with van der Waals surface area (Å²) in [5.74, 6) is 0. The van der Waals surface area contributed by atoms with Crippen LogP contribution in [-0.4, -0.2) is 27.6 Å². The summed E-state index contributed by atoms with van der Waals surface area (Å²) in [6.45, 7) is 0.578. The maximum Gasteiger partial charge on any atom is 0.407 e. The quantitative estimate of drug-likeness (QED) is 0.808. The molecular weight excluding hydrogens is 264 g/mol. The van der Waals surface area contributed by atoms with Crippen molar-refractivity contribution in [1.29, 1.82) is 0 Å². The molecule has 3 rings (SSSR count). The van der Waals surface area contributed by atoms with Gasteiger partial charge in [0.25, 0.3) is 0 Å². The van der Waals surface area contributed by atoms with Crippen molar-refractivity contribution in [2.45, 2.75) is 18.9 Å². The summed E-state index contributed by atoms with van der Waals surface area (Å²) < 4.78 is 0. The van der Waals surface area contributed by atoms with Gasteiger partial charge in [0.1, 0.15) is 5.15 Å². The molecule has 5 heteroatoms. The number of fused-ring (bicyclic) bond motifs is 1. The van der Waals surface area contributed by atoms with Crippen molar-refractivity contribution in [3.8, 4) is 0 Å². The molecule has 1 fully saturated rings. The molecule has 0 bridgehead atoms. The molecule has 1 aliphatic rings. The van der Waals surface area contributed by atoms with Crippen LogP contribution in [0.3, 0.4) is 0 Å². The number of nitrogens with zero attached hydrogens (tertiary/aromatic N) is 2. The minimum atomic E-state index is -0.875. The Morgan fingerprint density at radius 3 is 3.00 bits per heavy atom. The van der Waals surface area contributed by atoms with Gasteiger partial charge in [-0.2, -0.15) is 0 Å². The first-order chi connectivity index (χ1) is 9.16. The van der Waals surface area contributed by atoms with Crippen LogP contribution in [0.25, 0.3) is 10.9 Å². The van der Waals surface area contributed by atoms with Crippen molar-refractivity contribution in [3.05, 3.63) is 41.0 Å². The highest BCUT2D eigenvalue weighted by Gasteiger charge is 2.31. The van der Waals surface area contributed by atoms with E-state index < -0.39 is 6.09 Å². The number of rotatable bonds is 1. The Bertz CT molecular complexity index is 644. The molecule has 2 aromatic rings. The number of benzene rings is 1. The molecular formula is C14H13ClN2O2. The maximum absolute atomic E-state index is 11.3. The van der Waals surface area contributed by atoms with Crippen LogP contribution in [0, 0.1) is 0 Å². The number of likely N-dealkylation sites (tertiary alicyclic amines) is 1. The lowest BCUT2D eigenvalue weighted by Gasteiger charge is -2.23. The van der Waals surface area contributed by atoms with E-state index in [0.717, 1.165) is 29.3 Å². The average Bonchev–Trinajstić information content (AvgIpc) is 2.86. The highest BCUT2D eigenvalue weighted by molar-refractivity contribution is 6.30. The van der Waals surface area contributed by atoms with Gasteiger partial charge >= 0.3 is 6.09 Å². The van der Waals surface area contributed by atoms with Crippen LogP contribution in [0.15, 0.2) is 30.3 Å². The Morgan fingerprint density at radius 2 is 2.21 bits per heavy atom. The zero-order valence-electron chi connectivity index (χ0n) is 10.2.